The van der Waals surface area contributed by atoms with E-state index in [4.69, 9.17) is 5.11 Å². The molecule has 0 bridgehead atoms. The first-order valence-corrected chi connectivity index (χ1v) is 8.55. The van der Waals surface area contributed by atoms with Crippen molar-refractivity contribution in [2.45, 2.75) is 6.92 Å². The number of rotatable bonds is 4. The summed E-state index contributed by atoms with van der Waals surface area (Å²) in [5, 5.41) is 9.05. The minimum absolute atomic E-state index is 0.0621. The number of anilines is 1. The molecule has 1 fully saturated rings. The van der Waals surface area contributed by atoms with E-state index in [2.05, 4.69) is 0 Å². The monoisotopic (exact) mass is 370 g/mol. The second-order valence-corrected chi connectivity index (χ2v) is 6.39. The largest absolute Gasteiger partial charge is 0.478 e. The number of amides is 1. The van der Waals surface area contributed by atoms with Crippen LogP contribution >= 0.6 is 0 Å². The third-order valence-corrected chi connectivity index (χ3v) is 4.62. The highest BCUT2D eigenvalue weighted by Crippen LogP contribution is 2.23. The minimum atomic E-state index is -1.08. The van der Waals surface area contributed by atoms with Crippen LogP contribution in [0.4, 0.5) is 10.1 Å². The molecule has 1 aliphatic heterocycles. The Morgan fingerprint density at radius 1 is 0.926 bits per heavy atom. The molecular weight excluding hydrogens is 351 g/mol. The number of aromatic carboxylic acids is 1. The molecule has 0 aliphatic carbocycles. The number of carboxylic acids is 1. The Balaban J connectivity index is 1.68. The maximum Gasteiger partial charge on any atom is 0.335 e. The lowest BCUT2D eigenvalue weighted by atomic mass is 10.1. The van der Waals surface area contributed by atoms with Crippen LogP contribution in [-0.2, 0) is 0 Å². The molecule has 0 atom stereocenters. The summed E-state index contributed by atoms with van der Waals surface area (Å²) in [5.74, 6) is -1.99. The summed E-state index contributed by atoms with van der Waals surface area (Å²) in [6.45, 7) is 3.06. The molecule has 2 aromatic rings. The summed E-state index contributed by atoms with van der Waals surface area (Å²) in [7, 11) is 0. The van der Waals surface area contributed by atoms with Gasteiger partial charge in [0.2, 0.25) is 0 Å². The molecule has 0 radical (unpaired) electrons. The molecule has 1 amide bonds. The molecule has 3 rings (SSSR count). The van der Waals surface area contributed by atoms with Crippen molar-refractivity contribution in [2.75, 3.05) is 31.1 Å². The van der Waals surface area contributed by atoms with Crippen LogP contribution < -0.4 is 4.90 Å². The van der Waals surface area contributed by atoms with Gasteiger partial charge in [-0.15, -0.1) is 0 Å². The molecule has 6 nitrogen and oxygen atoms in total. The van der Waals surface area contributed by atoms with E-state index in [-0.39, 0.29) is 17.3 Å². The minimum Gasteiger partial charge on any atom is -0.478 e. The summed E-state index contributed by atoms with van der Waals surface area (Å²) < 4.78 is 14.3. The molecule has 2 aromatic carbocycles. The predicted molar refractivity (Wildman–Crippen MR) is 97.9 cm³/mol. The fourth-order valence-electron chi connectivity index (χ4n) is 3.10. The van der Waals surface area contributed by atoms with E-state index in [0.29, 0.717) is 43.0 Å². The van der Waals surface area contributed by atoms with E-state index in [1.165, 1.54) is 25.1 Å². The number of ketones is 1. The molecule has 1 saturated heterocycles. The second-order valence-electron chi connectivity index (χ2n) is 6.39. The highest BCUT2D eigenvalue weighted by molar-refractivity contribution is 5.97. The van der Waals surface area contributed by atoms with Crippen LogP contribution in [-0.4, -0.2) is 53.8 Å². The van der Waals surface area contributed by atoms with E-state index < -0.39 is 11.8 Å². The molecule has 7 heteroatoms. The number of benzene rings is 2. The Labute approximate surface area is 155 Å². The van der Waals surface area contributed by atoms with Crippen LogP contribution in [0.15, 0.2) is 42.5 Å². The Kier molecular flexibility index (Phi) is 5.21. The number of hydrogen-bond acceptors (Lipinski definition) is 4. The van der Waals surface area contributed by atoms with Gasteiger partial charge in [-0.1, -0.05) is 6.07 Å². The number of nitrogens with zero attached hydrogens (tertiary/aromatic N) is 2. The van der Waals surface area contributed by atoms with Gasteiger partial charge in [0.15, 0.2) is 5.78 Å². The number of halogens is 1. The van der Waals surface area contributed by atoms with Gasteiger partial charge in [-0.3, -0.25) is 9.59 Å². The standard InChI is InChI=1S/C20H19FN2O4/c1-13(24)14-5-6-18(17(21)12-14)22-7-9-23(10-8-22)19(25)15-3-2-4-16(11-15)20(26)27/h2-6,11-12H,7-10H2,1H3,(H,26,27). The van der Waals surface area contributed by atoms with Crippen molar-refractivity contribution in [2.24, 2.45) is 0 Å². The third-order valence-electron chi connectivity index (χ3n) is 4.62. The van der Waals surface area contributed by atoms with Crippen LogP contribution in [0.25, 0.3) is 0 Å². The van der Waals surface area contributed by atoms with Crippen LogP contribution in [0.3, 0.4) is 0 Å². The first kappa shape index (κ1) is 18.6. The summed E-state index contributed by atoms with van der Waals surface area (Å²) in [4.78, 5) is 38.5. The topological polar surface area (TPSA) is 77.9 Å². The molecule has 0 spiro atoms. The van der Waals surface area contributed by atoms with Crippen molar-refractivity contribution >= 4 is 23.3 Å². The number of carboxylic acid groups (broad SMARTS) is 1. The molecule has 1 aliphatic rings. The average molecular weight is 370 g/mol. The molecule has 1 N–H and O–H groups in total. The molecule has 27 heavy (non-hydrogen) atoms. The fraction of sp³-hybridized carbons (Fsp3) is 0.250. The Bertz CT molecular complexity index is 905. The van der Waals surface area contributed by atoms with E-state index >= 15 is 0 Å². The SMILES string of the molecule is CC(=O)c1ccc(N2CCN(C(=O)c3cccc(C(=O)O)c3)CC2)c(F)c1. The van der Waals surface area contributed by atoms with Gasteiger partial charge in [0.25, 0.3) is 5.91 Å². The fourth-order valence-corrected chi connectivity index (χ4v) is 3.10. The average Bonchev–Trinajstić information content (AvgIpc) is 2.67. The number of piperazine rings is 1. The van der Waals surface area contributed by atoms with Crippen LogP contribution in [0, 0.1) is 5.82 Å². The molecule has 140 valence electrons. The Hall–Kier alpha value is -3.22. The van der Waals surface area contributed by atoms with Crippen molar-refractivity contribution < 1.29 is 23.9 Å². The van der Waals surface area contributed by atoms with Crippen LogP contribution in [0.5, 0.6) is 0 Å². The Morgan fingerprint density at radius 3 is 2.19 bits per heavy atom. The Morgan fingerprint density at radius 2 is 1.59 bits per heavy atom. The normalized spacial score (nSPS) is 14.1. The van der Waals surface area contributed by atoms with E-state index in [1.54, 1.807) is 29.2 Å². The van der Waals surface area contributed by atoms with Crippen molar-refractivity contribution in [1.29, 1.82) is 0 Å². The maximum absolute atomic E-state index is 14.3. The van der Waals surface area contributed by atoms with Gasteiger partial charge in [-0.05, 0) is 43.3 Å². The van der Waals surface area contributed by atoms with Gasteiger partial charge < -0.3 is 14.9 Å². The van der Waals surface area contributed by atoms with Gasteiger partial charge in [-0.2, -0.15) is 0 Å². The number of Topliss-reactive ketones (excluding diaryl/α,β-unsaturated/α-hetero) is 1. The number of hydrogen-bond donors (Lipinski definition) is 1. The van der Waals surface area contributed by atoms with Gasteiger partial charge in [0.05, 0.1) is 11.3 Å². The lowest BCUT2D eigenvalue weighted by molar-refractivity contribution is 0.0696. The van der Waals surface area contributed by atoms with Crippen LogP contribution in [0.1, 0.15) is 38.0 Å². The predicted octanol–water partition coefficient (Wildman–Crippen LogP) is 2.69. The van der Waals surface area contributed by atoms with Gasteiger partial charge in [0, 0.05) is 37.3 Å². The second kappa shape index (κ2) is 7.57. The molecular formula is C20H19FN2O4. The summed E-state index contributed by atoms with van der Waals surface area (Å²) in [6.07, 6.45) is 0. The number of carbonyl (C=O) groups is 3. The number of carbonyl (C=O) groups excluding carboxylic acids is 2. The molecule has 0 aromatic heterocycles. The first-order chi connectivity index (χ1) is 12.9. The molecule has 0 unspecified atom stereocenters. The van der Waals surface area contributed by atoms with Crippen molar-refractivity contribution in [3.63, 3.8) is 0 Å². The zero-order chi connectivity index (χ0) is 19.6. The summed E-state index contributed by atoms with van der Waals surface area (Å²) in [5.41, 5.74) is 1.11. The molecule has 0 saturated carbocycles. The zero-order valence-corrected chi connectivity index (χ0v) is 14.8. The maximum atomic E-state index is 14.3. The van der Waals surface area contributed by atoms with Crippen molar-refractivity contribution in [1.82, 2.24) is 4.90 Å². The summed E-state index contributed by atoms with van der Waals surface area (Å²) >= 11 is 0. The zero-order valence-electron chi connectivity index (χ0n) is 14.8. The third kappa shape index (κ3) is 3.97. The van der Waals surface area contributed by atoms with E-state index in [9.17, 15) is 18.8 Å². The lowest BCUT2D eigenvalue weighted by Crippen LogP contribution is -2.49. The highest BCUT2D eigenvalue weighted by atomic mass is 19.1. The first-order valence-electron chi connectivity index (χ1n) is 8.55. The quantitative estimate of drug-likeness (QED) is 0.838. The van der Waals surface area contributed by atoms with E-state index in [0.717, 1.165) is 0 Å². The van der Waals surface area contributed by atoms with Gasteiger partial charge >= 0.3 is 5.97 Å². The lowest BCUT2D eigenvalue weighted by Gasteiger charge is -2.36. The van der Waals surface area contributed by atoms with Crippen molar-refractivity contribution in [3.05, 3.63) is 65.0 Å². The van der Waals surface area contributed by atoms with E-state index in [1.807, 2.05) is 4.90 Å². The van der Waals surface area contributed by atoms with Gasteiger partial charge in [-0.25, -0.2) is 9.18 Å². The van der Waals surface area contributed by atoms with Crippen molar-refractivity contribution in [3.8, 4) is 0 Å². The summed E-state index contributed by atoms with van der Waals surface area (Å²) in [6, 6.07) is 10.3. The smallest absolute Gasteiger partial charge is 0.335 e. The van der Waals surface area contributed by atoms with Crippen LogP contribution in [0.2, 0.25) is 0 Å². The highest BCUT2D eigenvalue weighted by Gasteiger charge is 2.24. The van der Waals surface area contributed by atoms with Gasteiger partial charge in [0.1, 0.15) is 5.82 Å². The molecule has 1 heterocycles.